The van der Waals surface area contributed by atoms with Crippen LogP contribution in [0.25, 0.3) is 0 Å². The van der Waals surface area contributed by atoms with Crippen molar-refractivity contribution in [3.8, 4) is 5.75 Å². The smallest absolute Gasteiger partial charge is 0.261 e. The van der Waals surface area contributed by atoms with Crippen LogP contribution in [0.2, 0.25) is 0 Å². The van der Waals surface area contributed by atoms with Gasteiger partial charge in [0, 0.05) is 12.6 Å². The summed E-state index contributed by atoms with van der Waals surface area (Å²) >= 11 is 0. The van der Waals surface area contributed by atoms with Crippen molar-refractivity contribution in [3.05, 3.63) is 64.2 Å². The number of carbonyl (C=O) groups excluding carboxylic acids is 2. The van der Waals surface area contributed by atoms with Crippen molar-refractivity contribution in [2.45, 2.75) is 79.9 Å². The molecule has 32 heavy (non-hydrogen) atoms. The topological polar surface area (TPSA) is 58.6 Å². The van der Waals surface area contributed by atoms with Crippen LogP contribution >= 0.6 is 0 Å². The molecule has 2 aromatic carbocycles. The lowest BCUT2D eigenvalue weighted by atomic mass is 10.1. The third-order valence-electron chi connectivity index (χ3n) is 5.98. The monoisotopic (exact) mass is 438 g/mol. The Morgan fingerprint density at radius 1 is 0.969 bits per heavy atom. The fraction of sp³-hybridized carbons (Fsp3) is 0.481. The number of rotatable bonds is 10. The van der Waals surface area contributed by atoms with Crippen LogP contribution in [0.4, 0.5) is 0 Å². The number of ether oxygens (including phenoxy) is 1. The molecule has 0 aliphatic carbocycles. The lowest BCUT2D eigenvalue weighted by Gasteiger charge is -2.31. The lowest BCUT2D eigenvalue weighted by molar-refractivity contribution is -0.143. The van der Waals surface area contributed by atoms with Gasteiger partial charge in [-0.3, -0.25) is 9.59 Å². The second-order valence-corrected chi connectivity index (χ2v) is 8.74. The minimum absolute atomic E-state index is 0.0574. The van der Waals surface area contributed by atoms with Gasteiger partial charge >= 0.3 is 0 Å². The standard InChI is InChI=1S/C27H38N2O3/c1-8-21(6)28-27(31)24(9-2)29(16-23-12-10-18(3)11-13-23)26(30)17-32-25-15-19(4)14-20(5)22(25)7/h10-15,21,24H,8-9,16-17H2,1-7H3,(H,28,31)/t21-,24+/m1/s1. The molecule has 0 saturated carbocycles. The third-order valence-corrected chi connectivity index (χ3v) is 5.98. The van der Waals surface area contributed by atoms with Crippen LogP contribution < -0.4 is 10.1 Å². The van der Waals surface area contributed by atoms with Gasteiger partial charge in [-0.1, -0.05) is 49.7 Å². The van der Waals surface area contributed by atoms with Crippen molar-refractivity contribution in [3.63, 3.8) is 0 Å². The molecule has 0 bridgehead atoms. The number of aryl methyl sites for hydroxylation is 3. The molecule has 0 radical (unpaired) electrons. The Morgan fingerprint density at radius 3 is 2.22 bits per heavy atom. The zero-order valence-electron chi connectivity index (χ0n) is 20.6. The van der Waals surface area contributed by atoms with Crippen LogP contribution in [0, 0.1) is 27.7 Å². The maximum absolute atomic E-state index is 13.4. The Labute approximate surface area is 193 Å². The van der Waals surface area contributed by atoms with Crippen molar-refractivity contribution in [2.24, 2.45) is 0 Å². The number of amides is 2. The molecule has 2 amide bonds. The van der Waals surface area contributed by atoms with Gasteiger partial charge in [-0.05, 0) is 75.8 Å². The molecule has 174 valence electrons. The number of benzene rings is 2. The maximum atomic E-state index is 13.4. The maximum Gasteiger partial charge on any atom is 0.261 e. The summed E-state index contributed by atoms with van der Waals surface area (Å²) in [6.07, 6.45) is 1.37. The molecule has 0 aliphatic rings. The summed E-state index contributed by atoms with van der Waals surface area (Å²) in [5.74, 6) is 0.392. The molecule has 0 saturated heterocycles. The number of hydrogen-bond donors (Lipinski definition) is 1. The summed E-state index contributed by atoms with van der Waals surface area (Å²) < 4.78 is 5.95. The highest BCUT2D eigenvalue weighted by Crippen LogP contribution is 2.23. The Morgan fingerprint density at radius 2 is 1.62 bits per heavy atom. The van der Waals surface area contributed by atoms with Gasteiger partial charge in [0.15, 0.2) is 6.61 Å². The molecular formula is C27H38N2O3. The van der Waals surface area contributed by atoms with Crippen LogP contribution in [-0.2, 0) is 16.1 Å². The largest absolute Gasteiger partial charge is 0.483 e. The van der Waals surface area contributed by atoms with E-state index < -0.39 is 6.04 Å². The zero-order chi connectivity index (χ0) is 23.8. The van der Waals surface area contributed by atoms with E-state index >= 15 is 0 Å². The first kappa shape index (κ1) is 25.4. The predicted molar refractivity (Wildman–Crippen MR) is 130 cm³/mol. The van der Waals surface area contributed by atoms with E-state index in [4.69, 9.17) is 4.74 Å². The van der Waals surface area contributed by atoms with Gasteiger partial charge in [0.1, 0.15) is 11.8 Å². The molecule has 0 fully saturated rings. The highest BCUT2D eigenvalue weighted by Gasteiger charge is 2.29. The lowest BCUT2D eigenvalue weighted by Crippen LogP contribution is -2.51. The molecule has 1 N–H and O–H groups in total. The van der Waals surface area contributed by atoms with E-state index in [9.17, 15) is 9.59 Å². The second kappa shape index (κ2) is 11.7. The third kappa shape index (κ3) is 6.84. The van der Waals surface area contributed by atoms with E-state index in [1.807, 2.05) is 78.8 Å². The summed E-state index contributed by atoms with van der Waals surface area (Å²) in [5, 5.41) is 3.04. The summed E-state index contributed by atoms with van der Waals surface area (Å²) in [5.41, 5.74) is 5.38. The van der Waals surface area contributed by atoms with Gasteiger partial charge < -0.3 is 15.0 Å². The molecule has 0 heterocycles. The SMILES string of the molecule is CC[C@@H](C)NC(=O)[C@H](CC)N(Cc1ccc(C)cc1)C(=O)COc1cc(C)cc(C)c1C. The molecule has 0 aromatic heterocycles. The van der Waals surface area contributed by atoms with E-state index in [1.165, 1.54) is 0 Å². The molecule has 2 rings (SSSR count). The number of nitrogens with one attached hydrogen (secondary N) is 1. The van der Waals surface area contributed by atoms with Gasteiger partial charge in [-0.15, -0.1) is 0 Å². The zero-order valence-corrected chi connectivity index (χ0v) is 20.6. The summed E-state index contributed by atoms with van der Waals surface area (Å²) in [6, 6.07) is 11.6. The van der Waals surface area contributed by atoms with E-state index in [0.29, 0.717) is 18.7 Å². The van der Waals surface area contributed by atoms with E-state index in [-0.39, 0.29) is 24.5 Å². The van der Waals surface area contributed by atoms with E-state index in [0.717, 1.165) is 34.2 Å². The number of nitrogens with zero attached hydrogens (tertiary/aromatic N) is 1. The molecule has 0 unspecified atom stereocenters. The first-order valence-corrected chi connectivity index (χ1v) is 11.5. The molecule has 0 spiro atoms. The van der Waals surface area contributed by atoms with Crippen molar-refractivity contribution in [1.29, 1.82) is 0 Å². The molecule has 0 aliphatic heterocycles. The Balaban J connectivity index is 2.26. The summed E-state index contributed by atoms with van der Waals surface area (Å²) in [7, 11) is 0. The predicted octanol–water partition coefficient (Wildman–Crippen LogP) is 5.02. The first-order chi connectivity index (χ1) is 15.2. The molecule has 2 aromatic rings. The van der Waals surface area contributed by atoms with Gasteiger partial charge in [0.25, 0.3) is 5.91 Å². The summed E-state index contributed by atoms with van der Waals surface area (Å²) in [4.78, 5) is 28.0. The minimum atomic E-state index is -0.554. The van der Waals surface area contributed by atoms with Crippen LogP contribution in [-0.4, -0.2) is 35.4 Å². The van der Waals surface area contributed by atoms with Crippen molar-refractivity contribution in [1.82, 2.24) is 10.2 Å². The van der Waals surface area contributed by atoms with Crippen molar-refractivity contribution >= 4 is 11.8 Å². The minimum Gasteiger partial charge on any atom is -0.483 e. The van der Waals surface area contributed by atoms with E-state index in [1.54, 1.807) is 4.90 Å². The first-order valence-electron chi connectivity index (χ1n) is 11.5. The highest BCUT2D eigenvalue weighted by molar-refractivity contribution is 5.88. The fourth-order valence-corrected chi connectivity index (χ4v) is 3.62. The number of hydrogen-bond acceptors (Lipinski definition) is 3. The number of carbonyl (C=O) groups is 2. The Hall–Kier alpha value is -2.82. The molecular weight excluding hydrogens is 400 g/mol. The van der Waals surface area contributed by atoms with Crippen molar-refractivity contribution in [2.75, 3.05) is 6.61 Å². The van der Waals surface area contributed by atoms with Gasteiger partial charge in [0.05, 0.1) is 0 Å². The van der Waals surface area contributed by atoms with Crippen LogP contribution in [0.1, 0.15) is 61.4 Å². The molecule has 5 nitrogen and oxygen atoms in total. The molecule has 2 atom stereocenters. The Kier molecular flexibility index (Phi) is 9.30. The van der Waals surface area contributed by atoms with Gasteiger partial charge in [0.2, 0.25) is 5.91 Å². The van der Waals surface area contributed by atoms with Gasteiger partial charge in [-0.2, -0.15) is 0 Å². The van der Waals surface area contributed by atoms with Crippen LogP contribution in [0.5, 0.6) is 5.75 Å². The normalized spacial score (nSPS) is 12.7. The second-order valence-electron chi connectivity index (χ2n) is 8.74. The highest BCUT2D eigenvalue weighted by atomic mass is 16.5. The Bertz CT molecular complexity index is 921. The summed E-state index contributed by atoms with van der Waals surface area (Å²) in [6.45, 7) is 14.3. The van der Waals surface area contributed by atoms with Crippen molar-refractivity contribution < 1.29 is 14.3 Å². The van der Waals surface area contributed by atoms with E-state index in [2.05, 4.69) is 11.4 Å². The fourth-order valence-electron chi connectivity index (χ4n) is 3.62. The van der Waals surface area contributed by atoms with Gasteiger partial charge in [-0.25, -0.2) is 0 Å². The molecule has 5 heteroatoms. The average Bonchev–Trinajstić information content (AvgIpc) is 2.76. The quantitative estimate of drug-likeness (QED) is 0.567. The average molecular weight is 439 g/mol. The van der Waals surface area contributed by atoms with Crippen LogP contribution in [0.3, 0.4) is 0 Å². The van der Waals surface area contributed by atoms with Crippen LogP contribution in [0.15, 0.2) is 36.4 Å².